The van der Waals surface area contributed by atoms with Gasteiger partial charge in [0.25, 0.3) is 0 Å². The maximum Gasteiger partial charge on any atom is 0.422 e. The number of esters is 1. The molecule has 0 saturated carbocycles. The maximum absolute atomic E-state index is 11.7. The lowest BCUT2D eigenvalue weighted by Gasteiger charge is -2.22. The van der Waals surface area contributed by atoms with Crippen molar-refractivity contribution in [2.75, 3.05) is 7.11 Å². The van der Waals surface area contributed by atoms with Crippen LogP contribution in [0.3, 0.4) is 0 Å². The second-order valence-electron chi connectivity index (χ2n) is 5.14. The molecule has 0 fully saturated rings. The first kappa shape index (κ1) is 16.0. The summed E-state index contributed by atoms with van der Waals surface area (Å²) >= 11 is 0. The number of ether oxygens (including phenoxy) is 2. The molecule has 1 amide bonds. The highest BCUT2D eigenvalue weighted by molar-refractivity contribution is 5.78. The maximum atomic E-state index is 11.7. The van der Waals surface area contributed by atoms with E-state index in [1.807, 2.05) is 6.07 Å². The van der Waals surface area contributed by atoms with Crippen LogP contribution in [-0.4, -0.2) is 24.8 Å². The Bertz CT molecular complexity index is 454. The van der Waals surface area contributed by atoms with Gasteiger partial charge in [-0.05, 0) is 26.3 Å². The summed E-state index contributed by atoms with van der Waals surface area (Å²) in [4.78, 5) is 23.3. The minimum Gasteiger partial charge on any atom is -0.468 e. The Kier molecular flexibility index (Phi) is 5.52. The molecule has 6 heteroatoms. The van der Waals surface area contributed by atoms with Gasteiger partial charge in [-0.15, -0.1) is 0 Å². The molecule has 0 saturated heterocycles. The molecule has 0 unspecified atom stereocenters. The zero-order valence-electron chi connectivity index (χ0n) is 12.1. The molecular weight excluding hydrogens is 260 g/mol. The van der Waals surface area contributed by atoms with Crippen molar-refractivity contribution in [3.63, 3.8) is 0 Å². The topological polar surface area (TPSA) is 76.7 Å². The third-order valence-corrected chi connectivity index (χ3v) is 2.29. The predicted octanol–water partition coefficient (Wildman–Crippen LogP) is 1.93. The molecule has 0 aliphatic heterocycles. The Hall–Kier alpha value is -2.08. The number of hydrazine groups is 1. The molecule has 1 aromatic carbocycles. The first-order chi connectivity index (χ1) is 9.33. The third-order valence-electron chi connectivity index (χ3n) is 2.29. The van der Waals surface area contributed by atoms with E-state index in [0.29, 0.717) is 5.56 Å². The van der Waals surface area contributed by atoms with E-state index >= 15 is 0 Å². The fourth-order valence-electron chi connectivity index (χ4n) is 1.48. The lowest BCUT2D eigenvalue weighted by Crippen LogP contribution is -2.45. The number of nitrogens with one attached hydrogen (secondary N) is 2. The number of hydrogen-bond acceptors (Lipinski definition) is 5. The van der Waals surface area contributed by atoms with Crippen LogP contribution >= 0.6 is 0 Å². The standard InChI is InChI=1S/C14H20N2O4/c1-14(2,3)20-13(18)16-15-11(12(17)19-4)10-8-6-5-7-9-10/h5-9,11,15H,1-4H3,(H,16,18)/t11-/m0/s1. The monoisotopic (exact) mass is 280 g/mol. The van der Waals surface area contributed by atoms with Crippen molar-refractivity contribution >= 4 is 12.1 Å². The van der Waals surface area contributed by atoms with E-state index in [9.17, 15) is 9.59 Å². The van der Waals surface area contributed by atoms with Crippen molar-refractivity contribution < 1.29 is 19.1 Å². The zero-order valence-corrected chi connectivity index (χ0v) is 12.1. The fourth-order valence-corrected chi connectivity index (χ4v) is 1.48. The molecule has 1 atom stereocenters. The summed E-state index contributed by atoms with van der Waals surface area (Å²) in [6.07, 6.45) is -0.665. The van der Waals surface area contributed by atoms with Crippen molar-refractivity contribution in [1.29, 1.82) is 0 Å². The van der Waals surface area contributed by atoms with Crippen LogP contribution in [0.15, 0.2) is 30.3 Å². The highest BCUT2D eigenvalue weighted by Gasteiger charge is 2.23. The van der Waals surface area contributed by atoms with E-state index in [2.05, 4.69) is 10.9 Å². The number of hydrogen-bond donors (Lipinski definition) is 2. The quantitative estimate of drug-likeness (QED) is 0.651. The highest BCUT2D eigenvalue weighted by atomic mass is 16.6. The normalized spacial score (nSPS) is 12.4. The molecule has 0 radical (unpaired) electrons. The molecule has 0 heterocycles. The van der Waals surface area contributed by atoms with E-state index in [1.54, 1.807) is 45.0 Å². The van der Waals surface area contributed by atoms with Crippen LogP contribution in [0.2, 0.25) is 0 Å². The number of amides is 1. The van der Waals surface area contributed by atoms with Crippen LogP contribution in [0.5, 0.6) is 0 Å². The number of rotatable bonds is 4. The van der Waals surface area contributed by atoms with E-state index in [0.717, 1.165) is 0 Å². The van der Waals surface area contributed by atoms with Gasteiger partial charge in [-0.3, -0.25) is 5.43 Å². The van der Waals surface area contributed by atoms with Gasteiger partial charge in [0.15, 0.2) is 0 Å². The predicted molar refractivity (Wildman–Crippen MR) is 73.7 cm³/mol. The third kappa shape index (κ3) is 5.27. The molecule has 6 nitrogen and oxygen atoms in total. The molecule has 0 bridgehead atoms. The fraction of sp³-hybridized carbons (Fsp3) is 0.429. The summed E-state index contributed by atoms with van der Waals surface area (Å²) in [5.74, 6) is -0.507. The molecular formula is C14H20N2O4. The minimum absolute atomic E-state index is 0.507. The molecule has 1 aromatic rings. The second kappa shape index (κ2) is 6.91. The van der Waals surface area contributed by atoms with E-state index in [1.165, 1.54) is 7.11 Å². The van der Waals surface area contributed by atoms with Crippen LogP contribution < -0.4 is 10.9 Å². The van der Waals surface area contributed by atoms with Gasteiger partial charge < -0.3 is 9.47 Å². The average molecular weight is 280 g/mol. The van der Waals surface area contributed by atoms with Gasteiger partial charge in [0.05, 0.1) is 7.11 Å². The zero-order chi connectivity index (χ0) is 15.2. The van der Waals surface area contributed by atoms with Crippen LogP contribution in [0.1, 0.15) is 32.4 Å². The lowest BCUT2D eigenvalue weighted by molar-refractivity contribution is -0.143. The Balaban J connectivity index is 2.68. The van der Waals surface area contributed by atoms with Crippen LogP contribution in [0.4, 0.5) is 4.79 Å². The summed E-state index contributed by atoms with van der Waals surface area (Å²) in [5.41, 5.74) is 5.02. The van der Waals surface area contributed by atoms with Crippen LogP contribution in [-0.2, 0) is 14.3 Å². The smallest absolute Gasteiger partial charge is 0.422 e. The first-order valence-electron chi connectivity index (χ1n) is 6.21. The number of carbonyl (C=O) groups excluding carboxylic acids is 2. The van der Waals surface area contributed by atoms with Crippen molar-refractivity contribution in [2.24, 2.45) is 0 Å². The molecule has 20 heavy (non-hydrogen) atoms. The molecule has 0 aliphatic carbocycles. The van der Waals surface area contributed by atoms with Crippen LogP contribution in [0.25, 0.3) is 0 Å². The summed E-state index contributed by atoms with van der Waals surface area (Å²) < 4.78 is 9.78. The second-order valence-corrected chi connectivity index (χ2v) is 5.14. The van der Waals surface area contributed by atoms with Gasteiger partial charge in [-0.25, -0.2) is 15.0 Å². The number of methoxy groups -OCH3 is 1. The average Bonchev–Trinajstić information content (AvgIpc) is 2.37. The van der Waals surface area contributed by atoms with E-state index in [4.69, 9.17) is 9.47 Å². The summed E-state index contributed by atoms with van der Waals surface area (Å²) in [7, 11) is 1.29. The van der Waals surface area contributed by atoms with Crippen molar-refractivity contribution in [3.05, 3.63) is 35.9 Å². The molecule has 1 rings (SSSR count). The molecule has 110 valence electrons. The Morgan fingerprint density at radius 3 is 2.25 bits per heavy atom. The van der Waals surface area contributed by atoms with Crippen LogP contribution in [0, 0.1) is 0 Å². The number of carbonyl (C=O) groups is 2. The van der Waals surface area contributed by atoms with Gasteiger partial charge in [0.2, 0.25) is 0 Å². The van der Waals surface area contributed by atoms with E-state index in [-0.39, 0.29) is 0 Å². The van der Waals surface area contributed by atoms with Gasteiger partial charge in [0, 0.05) is 0 Å². The van der Waals surface area contributed by atoms with E-state index < -0.39 is 23.7 Å². The first-order valence-corrected chi connectivity index (χ1v) is 6.21. The summed E-state index contributed by atoms with van der Waals surface area (Å²) in [6.45, 7) is 5.25. The molecule has 0 aliphatic rings. The molecule has 0 aromatic heterocycles. The lowest BCUT2D eigenvalue weighted by atomic mass is 10.1. The van der Waals surface area contributed by atoms with Gasteiger partial charge >= 0.3 is 12.1 Å². The van der Waals surface area contributed by atoms with Gasteiger partial charge in [-0.1, -0.05) is 30.3 Å². The van der Waals surface area contributed by atoms with Gasteiger partial charge in [-0.2, -0.15) is 0 Å². The Morgan fingerprint density at radius 1 is 1.15 bits per heavy atom. The highest BCUT2D eigenvalue weighted by Crippen LogP contribution is 2.13. The number of benzene rings is 1. The molecule has 0 spiro atoms. The Labute approximate surface area is 118 Å². The van der Waals surface area contributed by atoms with Crippen molar-refractivity contribution in [3.8, 4) is 0 Å². The van der Waals surface area contributed by atoms with Crippen molar-refractivity contribution in [2.45, 2.75) is 32.4 Å². The molecule has 2 N–H and O–H groups in total. The summed E-state index contributed by atoms with van der Waals surface area (Å²) in [6, 6.07) is 8.13. The van der Waals surface area contributed by atoms with Gasteiger partial charge in [0.1, 0.15) is 11.6 Å². The SMILES string of the molecule is COC(=O)[C@@H](NNC(=O)OC(C)(C)C)c1ccccc1. The summed E-state index contributed by atoms with van der Waals surface area (Å²) in [5, 5.41) is 0. The minimum atomic E-state index is -0.797. The van der Waals surface area contributed by atoms with Crippen molar-refractivity contribution in [1.82, 2.24) is 10.9 Å². The largest absolute Gasteiger partial charge is 0.468 e. The Morgan fingerprint density at radius 2 is 1.75 bits per heavy atom.